The average Bonchev–Trinajstić information content (AvgIpc) is 3.44. The highest BCUT2D eigenvalue weighted by Gasteiger charge is 2.21. The molecule has 1 amide bonds. The molecule has 142 valence electrons. The number of nitrogens with one attached hydrogen (secondary N) is 1. The van der Waals surface area contributed by atoms with Crippen LogP contribution in [0.5, 0.6) is 0 Å². The molecule has 0 radical (unpaired) electrons. The van der Waals surface area contributed by atoms with Gasteiger partial charge in [0.1, 0.15) is 17.0 Å². The summed E-state index contributed by atoms with van der Waals surface area (Å²) in [5, 5.41) is 9.01. The quantitative estimate of drug-likeness (QED) is 0.446. The zero-order valence-electron chi connectivity index (χ0n) is 15.5. The number of nitrogens with zero attached hydrogens (tertiary/aromatic N) is 3. The van der Waals surface area contributed by atoms with E-state index >= 15 is 0 Å². The number of rotatable bonds is 4. The van der Waals surface area contributed by atoms with E-state index < -0.39 is 0 Å². The van der Waals surface area contributed by atoms with Crippen LogP contribution in [0.2, 0.25) is 0 Å². The maximum atomic E-state index is 12.9. The lowest BCUT2D eigenvalue weighted by Gasteiger charge is -2.06. The van der Waals surface area contributed by atoms with E-state index in [2.05, 4.69) is 15.5 Å². The minimum atomic E-state index is -0.252. The van der Waals surface area contributed by atoms with Crippen LogP contribution in [-0.4, -0.2) is 20.4 Å². The normalized spacial score (nSPS) is 11.1. The van der Waals surface area contributed by atoms with Crippen molar-refractivity contribution in [1.29, 1.82) is 0 Å². The van der Waals surface area contributed by atoms with E-state index in [1.807, 2.05) is 76.8 Å². The highest BCUT2D eigenvalue weighted by atomic mass is 32.1. The molecule has 5 rings (SSSR count). The van der Waals surface area contributed by atoms with Gasteiger partial charge in [-0.25, -0.2) is 4.98 Å². The third-order valence-electron chi connectivity index (χ3n) is 4.67. The third-order valence-corrected chi connectivity index (χ3v) is 5.44. The summed E-state index contributed by atoms with van der Waals surface area (Å²) in [5.74, 6) is 0.230. The van der Waals surface area contributed by atoms with Crippen LogP contribution in [0.4, 0.5) is 5.69 Å². The van der Waals surface area contributed by atoms with Crippen molar-refractivity contribution >= 4 is 27.9 Å². The summed E-state index contributed by atoms with van der Waals surface area (Å²) >= 11 is 1.59. The van der Waals surface area contributed by atoms with Gasteiger partial charge in [0.2, 0.25) is 0 Å². The fraction of sp³-hybridized carbons (Fsp3) is 0.0455. The molecule has 0 fully saturated rings. The molecule has 0 saturated carbocycles. The largest absolute Gasteiger partial charge is 0.360 e. The molecule has 0 atom stereocenters. The molecule has 0 aliphatic heterocycles. The monoisotopic (exact) mass is 400 g/mol. The standard InChI is InChI=1S/C22H16N4O2S/c1-14-19(20(25-28-14)16-5-3-2-4-6-16)21(27)23-17-9-7-15(8-10-17)18-13-26-11-12-29-22(26)24-18/h2-13H,1H3,(H,23,27). The Bertz CT molecular complexity index is 1270. The van der Waals surface area contributed by atoms with Crippen LogP contribution in [0.25, 0.3) is 27.5 Å². The van der Waals surface area contributed by atoms with E-state index in [0.29, 0.717) is 22.7 Å². The second-order valence-electron chi connectivity index (χ2n) is 6.58. The van der Waals surface area contributed by atoms with Gasteiger partial charge in [-0.3, -0.25) is 9.20 Å². The van der Waals surface area contributed by atoms with Gasteiger partial charge in [-0.05, 0) is 19.1 Å². The summed E-state index contributed by atoms with van der Waals surface area (Å²) < 4.78 is 7.28. The van der Waals surface area contributed by atoms with Crippen LogP contribution in [0.1, 0.15) is 16.1 Å². The number of hydrogen-bond donors (Lipinski definition) is 1. The number of fused-ring (bicyclic) bond motifs is 1. The minimum absolute atomic E-state index is 0.252. The number of anilines is 1. The molecular formula is C22H16N4O2S. The number of aryl methyl sites for hydroxylation is 1. The summed E-state index contributed by atoms with van der Waals surface area (Å²) in [6.45, 7) is 1.74. The highest BCUT2D eigenvalue weighted by molar-refractivity contribution is 7.15. The number of amides is 1. The van der Waals surface area contributed by atoms with E-state index in [9.17, 15) is 4.79 Å². The van der Waals surface area contributed by atoms with Crippen molar-refractivity contribution in [2.24, 2.45) is 0 Å². The number of aromatic nitrogens is 3. The van der Waals surface area contributed by atoms with Gasteiger partial charge < -0.3 is 9.84 Å². The van der Waals surface area contributed by atoms with Crippen molar-refractivity contribution in [3.05, 3.63) is 83.7 Å². The Hall–Kier alpha value is -3.71. The van der Waals surface area contributed by atoms with Crippen LogP contribution in [-0.2, 0) is 0 Å². The Balaban J connectivity index is 1.39. The Morgan fingerprint density at radius 1 is 1.07 bits per heavy atom. The van der Waals surface area contributed by atoms with E-state index in [1.165, 1.54) is 0 Å². The second-order valence-corrected chi connectivity index (χ2v) is 7.45. The molecular weight excluding hydrogens is 384 g/mol. The maximum Gasteiger partial charge on any atom is 0.261 e. The molecule has 0 bridgehead atoms. The zero-order valence-corrected chi connectivity index (χ0v) is 16.3. The smallest absolute Gasteiger partial charge is 0.261 e. The number of imidazole rings is 1. The van der Waals surface area contributed by atoms with Crippen LogP contribution >= 0.6 is 11.3 Å². The summed E-state index contributed by atoms with van der Waals surface area (Å²) in [5.41, 5.74) is 4.40. The Morgan fingerprint density at radius 3 is 2.62 bits per heavy atom. The predicted octanol–water partition coefficient (Wildman–Crippen LogP) is 5.28. The molecule has 5 aromatic rings. The van der Waals surface area contributed by atoms with Crippen molar-refractivity contribution in [2.45, 2.75) is 6.92 Å². The molecule has 0 aliphatic rings. The van der Waals surface area contributed by atoms with Crippen molar-refractivity contribution in [3.8, 4) is 22.5 Å². The molecule has 2 aromatic carbocycles. The first-order chi connectivity index (χ1) is 14.2. The molecule has 0 spiro atoms. The molecule has 0 unspecified atom stereocenters. The number of carbonyl (C=O) groups excluding carboxylic acids is 1. The fourth-order valence-corrected chi connectivity index (χ4v) is 3.92. The first kappa shape index (κ1) is 17.4. The number of carbonyl (C=O) groups is 1. The van der Waals surface area contributed by atoms with Gasteiger partial charge in [0.15, 0.2) is 4.96 Å². The van der Waals surface area contributed by atoms with Gasteiger partial charge >= 0.3 is 0 Å². The third kappa shape index (κ3) is 3.21. The lowest BCUT2D eigenvalue weighted by atomic mass is 10.1. The number of hydrogen-bond acceptors (Lipinski definition) is 5. The highest BCUT2D eigenvalue weighted by Crippen LogP contribution is 2.27. The summed E-state index contributed by atoms with van der Waals surface area (Å²) in [6, 6.07) is 17.1. The minimum Gasteiger partial charge on any atom is -0.360 e. The van der Waals surface area contributed by atoms with E-state index in [4.69, 9.17) is 4.52 Å². The summed E-state index contributed by atoms with van der Waals surface area (Å²) in [6.07, 6.45) is 3.97. The lowest BCUT2D eigenvalue weighted by Crippen LogP contribution is -2.13. The van der Waals surface area contributed by atoms with Crippen LogP contribution in [0.3, 0.4) is 0 Å². The van der Waals surface area contributed by atoms with Crippen LogP contribution in [0.15, 0.2) is 76.9 Å². The van der Waals surface area contributed by atoms with Gasteiger partial charge in [-0.2, -0.15) is 0 Å². The maximum absolute atomic E-state index is 12.9. The second kappa shape index (κ2) is 7.03. The lowest BCUT2D eigenvalue weighted by molar-refractivity contribution is 0.102. The molecule has 6 nitrogen and oxygen atoms in total. The number of thiazole rings is 1. The van der Waals surface area contributed by atoms with Crippen molar-refractivity contribution in [1.82, 2.24) is 14.5 Å². The van der Waals surface area contributed by atoms with E-state index in [1.54, 1.807) is 18.3 Å². The average molecular weight is 400 g/mol. The molecule has 7 heteroatoms. The first-order valence-electron chi connectivity index (χ1n) is 9.05. The first-order valence-corrected chi connectivity index (χ1v) is 9.93. The predicted molar refractivity (Wildman–Crippen MR) is 113 cm³/mol. The van der Waals surface area contributed by atoms with Crippen LogP contribution in [0, 0.1) is 6.92 Å². The summed E-state index contributed by atoms with van der Waals surface area (Å²) in [7, 11) is 0. The molecule has 29 heavy (non-hydrogen) atoms. The van der Waals surface area contributed by atoms with Gasteiger partial charge in [0, 0.05) is 34.6 Å². The molecule has 0 saturated heterocycles. The van der Waals surface area contributed by atoms with Crippen molar-refractivity contribution in [3.63, 3.8) is 0 Å². The SMILES string of the molecule is Cc1onc(-c2ccccc2)c1C(=O)Nc1ccc(-c2cn3ccsc3n2)cc1. The molecule has 3 aromatic heterocycles. The fourth-order valence-electron chi connectivity index (χ4n) is 3.22. The zero-order chi connectivity index (χ0) is 19.8. The molecule has 3 heterocycles. The van der Waals surface area contributed by atoms with Gasteiger partial charge in [0.25, 0.3) is 5.91 Å². The Labute approximate surface area is 170 Å². The topological polar surface area (TPSA) is 72.4 Å². The molecule has 0 aliphatic carbocycles. The van der Waals surface area contributed by atoms with Crippen molar-refractivity contribution < 1.29 is 9.32 Å². The Morgan fingerprint density at radius 2 is 1.86 bits per heavy atom. The van der Waals surface area contributed by atoms with Crippen molar-refractivity contribution in [2.75, 3.05) is 5.32 Å². The number of benzene rings is 2. The Kier molecular flexibility index (Phi) is 4.22. The van der Waals surface area contributed by atoms with Gasteiger partial charge in [-0.15, -0.1) is 11.3 Å². The van der Waals surface area contributed by atoms with Gasteiger partial charge in [-0.1, -0.05) is 47.6 Å². The van der Waals surface area contributed by atoms with E-state index in [-0.39, 0.29) is 5.91 Å². The summed E-state index contributed by atoms with van der Waals surface area (Å²) in [4.78, 5) is 18.5. The molecule has 1 N–H and O–H groups in total. The van der Waals surface area contributed by atoms with E-state index in [0.717, 1.165) is 21.8 Å². The van der Waals surface area contributed by atoms with Crippen LogP contribution < -0.4 is 5.32 Å². The van der Waals surface area contributed by atoms with Gasteiger partial charge in [0.05, 0.1) is 5.69 Å².